The first-order chi connectivity index (χ1) is 6.36. The molecule has 1 fully saturated rings. The quantitative estimate of drug-likeness (QED) is 0.774. The van der Waals surface area contributed by atoms with Crippen LogP contribution < -0.4 is 0 Å². The Balaban J connectivity index is 2.30. The molecule has 1 nitrogen and oxygen atoms in total. The normalized spacial score (nSPS) is 16.7. The maximum absolute atomic E-state index is 3.66. The highest BCUT2D eigenvalue weighted by Crippen LogP contribution is 2.44. The van der Waals surface area contributed by atoms with Gasteiger partial charge in [0, 0.05) is 27.0 Å². The third kappa shape index (κ3) is 1.12. The van der Waals surface area contributed by atoms with Crippen LogP contribution in [0.3, 0.4) is 0 Å². The topological polar surface area (TPSA) is 15.8 Å². The standard InChI is InChI=1S/C11H10BrN/c12-10-8-3-1-2-4-9(8)13-11(10)7-5-6-7/h1-4,7,13H,5-6H2. The van der Waals surface area contributed by atoms with Gasteiger partial charge in [-0.25, -0.2) is 0 Å². The summed E-state index contributed by atoms with van der Waals surface area (Å²) in [5.41, 5.74) is 2.64. The summed E-state index contributed by atoms with van der Waals surface area (Å²) in [5.74, 6) is 0.779. The number of fused-ring (bicyclic) bond motifs is 1. The lowest BCUT2D eigenvalue weighted by Crippen LogP contribution is -1.77. The number of H-pyrrole nitrogens is 1. The lowest BCUT2D eigenvalue weighted by atomic mass is 10.2. The summed E-state index contributed by atoms with van der Waals surface area (Å²) in [6, 6.07) is 8.44. The molecule has 3 rings (SSSR count). The van der Waals surface area contributed by atoms with Crippen molar-refractivity contribution < 1.29 is 0 Å². The van der Waals surface area contributed by atoms with E-state index in [2.05, 4.69) is 45.2 Å². The minimum atomic E-state index is 0.779. The molecule has 2 aromatic rings. The lowest BCUT2D eigenvalue weighted by molar-refractivity contribution is 1.05. The minimum Gasteiger partial charge on any atom is -0.357 e. The molecule has 2 heteroatoms. The average molecular weight is 236 g/mol. The van der Waals surface area contributed by atoms with E-state index in [0.29, 0.717) is 0 Å². The fourth-order valence-electron chi connectivity index (χ4n) is 1.78. The van der Waals surface area contributed by atoms with Crippen LogP contribution in [0.2, 0.25) is 0 Å². The van der Waals surface area contributed by atoms with Crippen molar-refractivity contribution in [3.63, 3.8) is 0 Å². The number of aromatic amines is 1. The predicted molar refractivity (Wildman–Crippen MR) is 58.0 cm³/mol. The number of hydrogen-bond donors (Lipinski definition) is 1. The third-order valence-electron chi connectivity index (χ3n) is 2.65. The average Bonchev–Trinajstić information content (AvgIpc) is 2.94. The lowest BCUT2D eigenvalue weighted by Gasteiger charge is -1.91. The van der Waals surface area contributed by atoms with Gasteiger partial charge in [-0.3, -0.25) is 0 Å². The molecule has 0 saturated heterocycles. The molecule has 66 valence electrons. The van der Waals surface area contributed by atoms with Gasteiger partial charge in [-0.1, -0.05) is 18.2 Å². The van der Waals surface area contributed by atoms with E-state index in [-0.39, 0.29) is 0 Å². The van der Waals surface area contributed by atoms with Crippen molar-refractivity contribution in [2.45, 2.75) is 18.8 Å². The van der Waals surface area contributed by atoms with Crippen molar-refractivity contribution in [3.05, 3.63) is 34.4 Å². The first-order valence-corrected chi connectivity index (χ1v) is 5.41. The van der Waals surface area contributed by atoms with Crippen LogP contribution in [-0.2, 0) is 0 Å². The second kappa shape index (κ2) is 2.61. The van der Waals surface area contributed by atoms with E-state index in [9.17, 15) is 0 Å². The zero-order valence-corrected chi connectivity index (χ0v) is 8.76. The van der Waals surface area contributed by atoms with Crippen molar-refractivity contribution in [1.82, 2.24) is 4.98 Å². The highest BCUT2D eigenvalue weighted by molar-refractivity contribution is 9.10. The zero-order valence-electron chi connectivity index (χ0n) is 7.18. The Kier molecular flexibility index (Phi) is 1.53. The van der Waals surface area contributed by atoms with Gasteiger partial charge in [0.15, 0.2) is 0 Å². The zero-order chi connectivity index (χ0) is 8.84. The van der Waals surface area contributed by atoms with Crippen molar-refractivity contribution in [2.24, 2.45) is 0 Å². The smallest absolute Gasteiger partial charge is 0.0467 e. The molecule has 1 aromatic heterocycles. The molecular formula is C11H10BrN. The van der Waals surface area contributed by atoms with Crippen LogP contribution in [0, 0.1) is 0 Å². The molecule has 0 spiro atoms. The molecule has 1 saturated carbocycles. The molecule has 0 amide bonds. The number of hydrogen-bond acceptors (Lipinski definition) is 0. The summed E-state index contributed by atoms with van der Waals surface area (Å²) in [5, 5.41) is 1.31. The fraction of sp³-hybridized carbons (Fsp3) is 0.273. The second-order valence-electron chi connectivity index (χ2n) is 3.67. The highest BCUT2D eigenvalue weighted by atomic mass is 79.9. The molecule has 1 aliphatic carbocycles. The molecule has 0 bridgehead atoms. The van der Waals surface area contributed by atoms with Crippen molar-refractivity contribution in [1.29, 1.82) is 0 Å². The van der Waals surface area contributed by atoms with E-state index in [1.54, 1.807) is 0 Å². The van der Waals surface area contributed by atoms with Gasteiger partial charge in [-0.15, -0.1) is 0 Å². The van der Waals surface area contributed by atoms with Gasteiger partial charge in [-0.2, -0.15) is 0 Å². The van der Waals surface area contributed by atoms with E-state index in [0.717, 1.165) is 5.92 Å². The Bertz CT molecular complexity index is 454. The van der Waals surface area contributed by atoms with Gasteiger partial charge in [0.25, 0.3) is 0 Å². The van der Waals surface area contributed by atoms with Gasteiger partial charge in [-0.05, 0) is 34.8 Å². The molecule has 13 heavy (non-hydrogen) atoms. The highest BCUT2D eigenvalue weighted by Gasteiger charge is 2.27. The van der Waals surface area contributed by atoms with Crippen molar-refractivity contribution in [3.8, 4) is 0 Å². The molecule has 0 atom stereocenters. The van der Waals surface area contributed by atoms with Gasteiger partial charge in [0.05, 0.1) is 0 Å². The van der Waals surface area contributed by atoms with Crippen LogP contribution >= 0.6 is 15.9 Å². The number of benzene rings is 1. The maximum atomic E-state index is 3.66. The van der Waals surface area contributed by atoms with Crippen LogP contribution in [0.4, 0.5) is 0 Å². The van der Waals surface area contributed by atoms with Crippen LogP contribution in [0.1, 0.15) is 24.5 Å². The fourth-order valence-corrected chi connectivity index (χ4v) is 2.55. The molecule has 1 aliphatic rings. The van der Waals surface area contributed by atoms with E-state index in [1.165, 1.54) is 33.9 Å². The van der Waals surface area contributed by atoms with Gasteiger partial charge in [0.2, 0.25) is 0 Å². The Morgan fingerprint density at radius 1 is 1.23 bits per heavy atom. The minimum absolute atomic E-state index is 0.779. The van der Waals surface area contributed by atoms with Crippen molar-refractivity contribution in [2.75, 3.05) is 0 Å². The monoisotopic (exact) mass is 235 g/mol. The van der Waals surface area contributed by atoms with Crippen LogP contribution in [0.5, 0.6) is 0 Å². The number of halogens is 1. The Hall–Kier alpha value is -0.760. The number of nitrogens with one attached hydrogen (secondary N) is 1. The molecule has 0 radical (unpaired) electrons. The van der Waals surface area contributed by atoms with Crippen LogP contribution in [0.15, 0.2) is 28.7 Å². The largest absolute Gasteiger partial charge is 0.357 e. The summed E-state index contributed by atoms with van der Waals surface area (Å²) in [6.07, 6.45) is 2.68. The Labute approximate surface area is 85.3 Å². The molecule has 1 heterocycles. The summed E-state index contributed by atoms with van der Waals surface area (Å²) < 4.78 is 1.27. The van der Waals surface area contributed by atoms with Crippen molar-refractivity contribution >= 4 is 26.8 Å². The molecule has 1 aromatic carbocycles. The number of para-hydroxylation sites is 1. The van der Waals surface area contributed by atoms with Gasteiger partial charge >= 0.3 is 0 Å². The predicted octanol–water partition coefficient (Wildman–Crippen LogP) is 3.81. The summed E-state index contributed by atoms with van der Waals surface area (Å²) in [4.78, 5) is 3.48. The molecule has 0 aliphatic heterocycles. The molecular weight excluding hydrogens is 226 g/mol. The SMILES string of the molecule is Brc1c(C2CC2)[nH]c2ccccc12. The first kappa shape index (κ1) is 7.63. The van der Waals surface area contributed by atoms with E-state index < -0.39 is 0 Å². The van der Waals surface area contributed by atoms with E-state index in [4.69, 9.17) is 0 Å². The Morgan fingerprint density at radius 3 is 2.69 bits per heavy atom. The molecule has 1 N–H and O–H groups in total. The molecule has 0 unspecified atom stereocenters. The van der Waals surface area contributed by atoms with E-state index >= 15 is 0 Å². The Morgan fingerprint density at radius 2 is 2.00 bits per heavy atom. The van der Waals surface area contributed by atoms with Gasteiger partial charge in [0.1, 0.15) is 0 Å². The summed E-state index contributed by atoms with van der Waals surface area (Å²) in [6.45, 7) is 0. The van der Waals surface area contributed by atoms with Crippen LogP contribution in [-0.4, -0.2) is 4.98 Å². The first-order valence-electron chi connectivity index (χ1n) is 4.62. The van der Waals surface area contributed by atoms with E-state index in [1.807, 2.05) is 0 Å². The van der Waals surface area contributed by atoms with Crippen LogP contribution in [0.25, 0.3) is 10.9 Å². The summed E-state index contributed by atoms with van der Waals surface area (Å²) in [7, 11) is 0. The summed E-state index contributed by atoms with van der Waals surface area (Å²) >= 11 is 3.66. The third-order valence-corrected chi connectivity index (χ3v) is 3.51. The number of rotatable bonds is 1. The maximum Gasteiger partial charge on any atom is 0.0467 e. The second-order valence-corrected chi connectivity index (χ2v) is 4.47. The van der Waals surface area contributed by atoms with Gasteiger partial charge < -0.3 is 4.98 Å². The number of aromatic nitrogens is 1.